The Balaban J connectivity index is 1.80. The minimum atomic E-state index is -4.31. The van der Waals surface area contributed by atoms with E-state index in [1.54, 1.807) is 24.3 Å². The number of unbranched alkanes of at least 4 members (excludes halogenated alkanes) is 1. The van der Waals surface area contributed by atoms with Crippen LogP contribution in [0.15, 0.2) is 106 Å². The lowest BCUT2D eigenvalue weighted by Crippen LogP contribution is -2.53. The predicted octanol–water partition coefficient (Wildman–Crippen LogP) is 6.53. The van der Waals surface area contributed by atoms with Crippen molar-refractivity contribution >= 4 is 43.5 Å². The second kappa shape index (κ2) is 17.2. The molecule has 0 fully saturated rings. The zero-order chi connectivity index (χ0) is 34.7. The van der Waals surface area contributed by atoms with Gasteiger partial charge in [0.2, 0.25) is 11.8 Å². The Kier molecular flexibility index (Phi) is 13.0. The molecule has 11 heteroatoms. The number of hydrogen-bond acceptors (Lipinski definition) is 6. The van der Waals surface area contributed by atoms with E-state index in [0.29, 0.717) is 18.0 Å². The van der Waals surface area contributed by atoms with Gasteiger partial charge in [0.25, 0.3) is 10.0 Å². The minimum Gasteiger partial charge on any atom is -0.493 e. The highest BCUT2D eigenvalue weighted by atomic mass is 79.9. The van der Waals surface area contributed by atoms with Crippen LogP contribution in [0.25, 0.3) is 0 Å². The highest BCUT2D eigenvalue weighted by molar-refractivity contribution is 9.10. The third-order valence-electron chi connectivity index (χ3n) is 7.91. The molecule has 0 aliphatic heterocycles. The van der Waals surface area contributed by atoms with Crippen molar-refractivity contribution in [2.75, 3.05) is 31.6 Å². The van der Waals surface area contributed by atoms with Crippen molar-refractivity contribution in [1.29, 1.82) is 0 Å². The number of ether oxygens (including phenoxy) is 2. The molecule has 0 aliphatic rings. The first-order valence-electron chi connectivity index (χ1n) is 15.7. The molecule has 4 aromatic carbocycles. The van der Waals surface area contributed by atoms with Gasteiger partial charge in [-0.05, 0) is 60.9 Å². The average Bonchev–Trinajstić information content (AvgIpc) is 3.10. The van der Waals surface area contributed by atoms with Crippen LogP contribution in [0.1, 0.15) is 36.5 Å². The van der Waals surface area contributed by atoms with Gasteiger partial charge in [0.05, 0.1) is 24.8 Å². The van der Waals surface area contributed by atoms with Crippen molar-refractivity contribution in [3.63, 3.8) is 0 Å². The van der Waals surface area contributed by atoms with Gasteiger partial charge >= 0.3 is 0 Å². The van der Waals surface area contributed by atoms with E-state index in [1.165, 1.54) is 37.3 Å². The molecule has 48 heavy (non-hydrogen) atoms. The van der Waals surface area contributed by atoms with Crippen LogP contribution in [0, 0.1) is 6.92 Å². The summed E-state index contributed by atoms with van der Waals surface area (Å²) in [5, 5.41) is 3.01. The molecular formula is C37H42BrN3O6S. The second-order valence-electron chi connectivity index (χ2n) is 11.4. The molecule has 254 valence electrons. The number of hydrogen-bond donors (Lipinski definition) is 1. The van der Waals surface area contributed by atoms with E-state index < -0.39 is 28.5 Å². The molecule has 2 amide bonds. The van der Waals surface area contributed by atoms with Crippen LogP contribution >= 0.6 is 15.9 Å². The monoisotopic (exact) mass is 735 g/mol. The zero-order valence-corrected chi connectivity index (χ0v) is 30.1. The largest absolute Gasteiger partial charge is 0.493 e. The normalized spacial score (nSPS) is 11.8. The van der Waals surface area contributed by atoms with Gasteiger partial charge in [-0.25, -0.2) is 8.42 Å². The van der Waals surface area contributed by atoms with E-state index in [1.807, 2.05) is 68.4 Å². The summed E-state index contributed by atoms with van der Waals surface area (Å²) < 4.78 is 41.4. The average molecular weight is 737 g/mol. The first-order chi connectivity index (χ1) is 23.1. The van der Waals surface area contributed by atoms with Gasteiger partial charge in [-0.3, -0.25) is 13.9 Å². The first-order valence-corrected chi connectivity index (χ1v) is 18.0. The molecule has 0 bridgehead atoms. The van der Waals surface area contributed by atoms with Crippen LogP contribution in [-0.4, -0.2) is 58.5 Å². The van der Waals surface area contributed by atoms with Gasteiger partial charge in [-0.2, -0.15) is 0 Å². The summed E-state index contributed by atoms with van der Waals surface area (Å²) in [7, 11) is -1.42. The molecule has 0 aromatic heterocycles. The van der Waals surface area contributed by atoms with Crippen LogP contribution in [-0.2, 0) is 32.6 Å². The molecule has 9 nitrogen and oxygen atoms in total. The number of aryl methyl sites for hydroxylation is 1. The summed E-state index contributed by atoms with van der Waals surface area (Å²) in [6.07, 6.45) is 1.92. The van der Waals surface area contributed by atoms with E-state index in [0.717, 1.165) is 38.3 Å². The zero-order valence-electron chi connectivity index (χ0n) is 27.7. The standard InChI is InChI=1S/C37H42BrN3O6S/c1-5-6-22-39-37(43)33(23-28-10-8-7-9-11-28)40(25-29-14-16-30(38)17-15-29)36(42)26-41(31-18-12-27(2)13-19-31)48(44,45)32-20-21-34(46-3)35(24-32)47-4/h7-21,24,33H,5-6,22-23,25-26H2,1-4H3,(H,39,43)/t33-/m0/s1. The maximum absolute atomic E-state index is 14.6. The Labute approximate surface area is 292 Å². The fourth-order valence-corrected chi connectivity index (χ4v) is 6.89. The summed E-state index contributed by atoms with van der Waals surface area (Å²) in [6, 6.07) is 27.3. The van der Waals surface area contributed by atoms with Crippen LogP contribution in [0.2, 0.25) is 0 Å². The second-order valence-corrected chi connectivity index (χ2v) is 14.1. The van der Waals surface area contributed by atoms with E-state index >= 15 is 0 Å². The third-order valence-corrected chi connectivity index (χ3v) is 10.2. The molecule has 0 radical (unpaired) electrons. The Morgan fingerprint density at radius 2 is 1.52 bits per heavy atom. The number of carbonyl (C=O) groups excluding carboxylic acids is 2. The highest BCUT2D eigenvalue weighted by Gasteiger charge is 2.35. The minimum absolute atomic E-state index is 0.0777. The number of carbonyl (C=O) groups is 2. The van der Waals surface area contributed by atoms with Crippen LogP contribution < -0.4 is 19.1 Å². The summed E-state index contributed by atoms with van der Waals surface area (Å²) in [6.45, 7) is 3.93. The van der Waals surface area contributed by atoms with Gasteiger partial charge in [0.15, 0.2) is 11.5 Å². The van der Waals surface area contributed by atoms with E-state index in [9.17, 15) is 18.0 Å². The maximum atomic E-state index is 14.6. The van der Waals surface area contributed by atoms with Gasteiger partial charge in [0, 0.05) is 30.0 Å². The summed E-state index contributed by atoms with van der Waals surface area (Å²) in [5.41, 5.74) is 2.89. The number of benzene rings is 4. The number of halogens is 1. The number of amides is 2. The van der Waals surface area contributed by atoms with Crippen molar-refractivity contribution in [2.24, 2.45) is 0 Å². The van der Waals surface area contributed by atoms with Crippen molar-refractivity contribution < 1.29 is 27.5 Å². The number of nitrogens with one attached hydrogen (secondary N) is 1. The maximum Gasteiger partial charge on any atom is 0.264 e. The molecule has 4 rings (SSSR count). The summed E-state index contributed by atoms with van der Waals surface area (Å²) in [4.78, 5) is 29.9. The molecule has 0 saturated carbocycles. The quantitative estimate of drug-likeness (QED) is 0.131. The number of sulfonamides is 1. The van der Waals surface area contributed by atoms with Crippen LogP contribution in [0.4, 0.5) is 5.69 Å². The lowest BCUT2D eigenvalue weighted by atomic mass is 10.0. The Bertz CT molecular complexity index is 1770. The van der Waals surface area contributed by atoms with Gasteiger partial charge in [-0.15, -0.1) is 0 Å². The fourth-order valence-electron chi connectivity index (χ4n) is 5.19. The third kappa shape index (κ3) is 9.38. The molecule has 0 spiro atoms. The Morgan fingerprint density at radius 1 is 0.854 bits per heavy atom. The predicted molar refractivity (Wildman–Crippen MR) is 192 cm³/mol. The van der Waals surface area contributed by atoms with Crippen molar-refractivity contribution in [1.82, 2.24) is 10.2 Å². The lowest BCUT2D eigenvalue weighted by molar-refractivity contribution is -0.140. The van der Waals surface area contributed by atoms with Gasteiger partial charge in [0.1, 0.15) is 12.6 Å². The topological polar surface area (TPSA) is 105 Å². The van der Waals surface area contributed by atoms with E-state index in [2.05, 4.69) is 21.2 Å². The van der Waals surface area contributed by atoms with Crippen molar-refractivity contribution in [3.8, 4) is 11.5 Å². The molecule has 0 saturated heterocycles. The van der Waals surface area contributed by atoms with Gasteiger partial charge < -0.3 is 19.7 Å². The molecule has 0 unspecified atom stereocenters. The fraction of sp³-hybridized carbons (Fsp3) is 0.297. The van der Waals surface area contributed by atoms with E-state index in [-0.39, 0.29) is 29.5 Å². The number of rotatable bonds is 16. The van der Waals surface area contributed by atoms with Crippen molar-refractivity contribution in [2.45, 2.75) is 50.6 Å². The first kappa shape index (κ1) is 36.5. The Hall–Kier alpha value is -4.35. The van der Waals surface area contributed by atoms with Gasteiger partial charge in [-0.1, -0.05) is 89.4 Å². The Morgan fingerprint density at radius 3 is 2.15 bits per heavy atom. The summed E-state index contributed by atoms with van der Waals surface area (Å²) in [5.74, 6) is -0.235. The van der Waals surface area contributed by atoms with Crippen LogP contribution in [0.3, 0.4) is 0 Å². The molecule has 1 N–H and O–H groups in total. The number of nitrogens with zero attached hydrogens (tertiary/aromatic N) is 2. The number of methoxy groups -OCH3 is 2. The summed E-state index contributed by atoms with van der Waals surface area (Å²) >= 11 is 3.46. The molecular weight excluding hydrogens is 694 g/mol. The smallest absolute Gasteiger partial charge is 0.264 e. The SMILES string of the molecule is CCCCNC(=O)[C@H](Cc1ccccc1)N(Cc1ccc(Br)cc1)C(=O)CN(c1ccc(C)cc1)S(=O)(=O)c1ccc(OC)c(OC)c1. The van der Waals surface area contributed by atoms with Crippen LogP contribution in [0.5, 0.6) is 11.5 Å². The van der Waals surface area contributed by atoms with Crippen molar-refractivity contribution in [3.05, 3.63) is 118 Å². The molecule has 1 atom stereocenters. The van der Waals surface area contributed by atoms with E-state index in [4.69, 9.17) is 9.47 Å². The molecule has 0 aliphatic carbocycles. The molecule has 4 aromatic rings. The molecule has 0 heterocycles. The highest BCUT2D eigenvalue weighted by Crippen LogP contribution is 2.32. The number of anilines is 1. The lowest BCUT2D eigenvalue weighted by Gasteiger charge is -2.34.